The Bertz CT molecular complexity index is 516. The van der Waals surface area contributed by atoms with Gasteiger partial charge in [0.25, 0.3) is 0 Å². The highest BCUT2D eigenvalue weighted by atomic mass is 35.5. The van der Waals surface area contributed by atoms with Crippen molar-refractivity contribution in [2.45, 2.75) is 39.7 Å². The Balaban J connectivity index is 2.35. The lowest BCUT2D eigenvalue weighted by atomic mass is 10.1. The standard InChI is InChI=1S/C14H18ClN3/c1-4-5-13-16-17-14(15)18(13)11(3)12-8-6-10(2)7-9-12/h6-9,11H,4-5H2,1-3H3. The van der Waals surface area contributed by atoms with Gasteiger partial charge in [0.15, 0.2) is 0 Å². The molecule has 1 heterocycles. The number of benzene rings is 1. The van der Waals surface area contributed by atoms with E-state index < -0.39 is 0 Å². The van der Waals surface area contributed by atoms with Gasteiger partial charge in [-0.1, -0.05) is 36.8 Å². The third kappa shape index (κ3) is 2.56. The molecule has 1 aromatic heterocycles. The Kier molecular flexibility index (Phi) is 4.02. The van der Waals surface area contributed by atoms with E-state index in [1.165, 1.54) is 11.1 Å². The lowest BCUT2D eigenvalue weighted by Crippen LogP contribution is -2.11. The zero-order valence-electron chi connectivity index (χ0n) is 11.0. The molecule has 4 heteroatoms. The molecular formula is C14H18ClN3. The smallest absolute Gasteiger partial charge is 0.225 e. The minimum atomic E-state index is 0.162. The number of halogens is 1. The Hall–Kier alpha value is -1.35. The van der Waals surface area contributed by atoms with E-state index in [1.807, 2.05) is 4.57 Å². The molecule has 0 N–H and O–H groups in total. The summed E-state index contributed by atoms with van der Waals surface area (Å²) >= 11 is 6.15. The molecule has 1 unspecified atom stereocenters. The molecule has 18 heavy (non-hydrogen) atoms. The number of rotatable bonds is 4. The first-order valence-electron chi connectivity index (χ1n) is 6.29. The molecular weight excluding hydrogens is 246 g/mol. The summed E-state index contributed by atoms with van der Waals surface area (Å²) in [4.78, 5) is 0. The number of hydrogen-bond acceptors (Lipinski definition) is 2. The summed E-state index contributed by atoms with van der Waals surface area (Å²) in [5.41, 5.74) is 2.48. The summed E-state index contributed by atoms with van der Waals surface area (Å²) in [7, 11) is 0. The molecule has 2 aromatic rings. The van der Waals surface area contributed by atoms with Crippen LogP contribution in [-0.4, -0.2) is 14.8 Å². The Labute approximate surface area is 113 Å². The molecule has 2 rings (SSSR count). The molecule has 0 aliphatic carbocycles. The van der Waals surface area contributed by atoms with E-state index in [1.54, 1.807) is 0 Å². The van der Waals surface area contributed by atoms with Crippen molar-refractivity contribution < 1.29 is 0 Å². The molecule has 0 fully saturated rings. The molecule has 96 valence electrons. The molecule has 0 aliphatic rings. The van der Waals surface area contributed by atoms with E-state index in [-0.39, 0.29) is 6.04 Å². The average Bonchev–Trinajstić information content (AvgIpc) is 2.71. The van der Waals surface area contributed by atoms with E-state index in [2.05, 4.69) is 55.2 Å². The van der Waals surface area contributed by atoms with Crippen LogP contribution in [-0.2, 0) is 6.42 Å². The van der Waals surface area contributed by atoms with Gasteiger partial charge >= 0.3 is 0 Å². The molecule has 0 amide bonds. The van der Waals surface area contributed by atoms with Crippen LogP contribution in [0.4, 0.5) is 0 Å². The predicted octanol–water partition coefficient (Wildman–Crippen LogP) is 3.80. The fourth-order valence-electron chi connectivity index (χ4n) is 2.07. The van der Waals surface area contributed by atoms with E-state index in [0.717, 1.165) is 18.7 Å². The van der Waals surface area contributed by atoms with Crippen LogP contribution in [0.15, 0.2) is 24.3 Å². The second-order valence-corrected chi connectivity index (χ2v) is 4.93. The number of aromatic nitrogens is 3. The Morgan fingerprint density at radius 2 is 1.89 bits per heavy atom. The summed E-state index contributed by atoms with van der Waals surface area (Å²) in [5, 5.41) is 8.59. The molecule has 0 spiro atoms. The minimum Gasteiger partial charge on any atom is -0.294 e. The van der Waals surface area contributed by atoms with Gasteiger partial charge in [0.05, 0.1) is 6.04 Å². The highest BCUT2D eigenvalue weighted by Crippen LogP contribution is 2.24. The highest BCUT2D eigenvalue weighted by molar-refractivity contribution is 6.28. The van der Waals surface area contributed by atoms with Crippen molar-refractivity contribution in [1.29, 1.82) is 0 Å². The average molecular weight is 264 g/mol. The first-order chi connectivity index (χ1) is 8.63. The maximum Gasteiger partial charge on any atom is 0.225 e. The number of hydrogen-bond donors (Lipinski definition) is 0. The summed E-state index contributed by atoms with van der Waals surface area (Å²) in [6.45, 7) is 6.34. The van der Waals surface area contributed by atoms with Crippen molar-refractivity contribution in [1.82, 2.24) is 14.8 Å². The van der Waals surface area contributed by atoms with Crippen LogP contribution in [0.2, 0.25) is 5.28 Å². The van der Waals surface area contributed by atoms with Gasteiger partial charge in [0, 0.05) is 6.42 Å². The summed E-state index contributed by atoms with van der Waals surface area (Å²) in [6, 6.07) is 8.65. The van der Waals surface area contributed by atoms with Gasteiger partial charge in [0.2, 0.25) is 5.28 Å². The first kappa shape index (κ1) is 13.1. The fraction of sp³-hybridized carbons (Fsp3) is 0.429. The predicted molar refractivity (Wildman–Crippen MR) is 74.0 cm³/mol. The van der Waals surface area contributed by atoms with Crippen molar-refractivity contribution in [3.05, 3.63) is 46.5 Å². The van der Waals surface area contributed by atoms with Crippen LogP contribution < -0.4 is 0 Å². The number of aryl methyl sites for hydroxylation is 2. The van der Waals surface area contributed by atoms with E-state index >= 15 is 0 Å². The van der Waals surface area contributed by atoms with Gasteiger partial charge in [0.1, 0.15) is 5.82 Å². The van der Waals surface area contributed by atoms with E-state index in [9.17, 15) is 0 Å². The summed E-state index contributed by atoms with van der Waals surface area (Å²) in [6.07, 6.45) is 1.94. The number of nitrogens with zero attached hydrogens (tertiary/aromatic N) is 3. The maximum absolute atomic E-state index is 6.15. The largest absolute Gasteiger partial charge is 0.294 e. The molecule has 0 saturated carbocycles. The fourth-order valence-corrected chi connectivity index (χ4v) is 2.35. The third-order valence-electron chi connectivity index (χ3n) is 3.15. The molecule has 3 nitrogen and oxygen atoms in total. The van der Waals surface area contributed by atoms with Crippen LogP contribution in [0, 0.1) is 6.92 Å². The molecule has 0 radical (unpaired) electrons. The Morgan fingerprint density at radius 3 is 2.50 bits per heavy atom. The van der Waals surface area contributed by atoms with Crippen molar-refractivity contribution in [3.63, 3.8) is 0 Å². The Morgan fingerprint density at radius 1 is 1.22 bits per heavy atom. The van der Waals surface area contributed by atoms with Gasteiger partial charge in [-0.25, -0.2) is 0 Å². The van der Waals surface area contributed by atoms with Gasteiger partial charge in [-0.2, -0.15) is 0 Å². The molecule has 0 saturated heterocycles. The van der Waals surface area contributed by atoms with Gasteiger partial charge < -0.3 is 0 Å². The topological polar surface area (TPSA) is 30.7 Å². The van der Waals surface area contributed by atoms with Crippen LogP contribution in [0.25, 0.3) is 0 Å². The SMILES string of the molecule is CCCc1nnc(Cl)n1C(C)c1ccc(C)cc1. The molecule has 0 bridgehead atoms. The zero-order chi connectivity index (χ0) is 13.1. The maximum atomic E-state index is 6.15. The minimum absolute atomic E-state index is 0.162. The van der Waals surface area contributed by atoms with Crippen molar-refractivity contribution >= 4 is 11.6 Å². The molecule has 0 aliphatic heterocycles. The van der Waals surface area contributed by atoms with Crippen molar-refractivity contribution in [3.8, 4) is 0 Å². The zero-order valence-corrected chi connectivity index (χ0v) is 11.8. The lowest BCUT2D eigenvalue weighted by molar-refractivity contribution is 0.596. The highest BCUT2D eigenvalue weighted by Gasteiger charge is 2.16. The molecule has 1 atom stereocenters. The van der Waals surface area contributed by atoms with Crippen LogP contribution in [0.1, 0.15) is 43.3 Å². The third-order valence-corrected chi connectivity index (χ3v) is 3.40. The van der Waals surface area contributed by atoms with Crippen molar-refractivity contribution in [2.75, 3.05) is 0 Å². The second kappa shape index (κ2) is 5.53. The van der Waals surface area contributed by atoms with Crippen LogP contribution >= 0.6 is 11.6 Å². The van der Waals surface area contributed by atoms with Gasteiger partial charge in [-0.05, 0) is 37.4 Å². The normalized spacial score (nSPS) is 12.7. The lowest BCUT2D eigenvalue weighted by Gasteiger charge is -2.17. The monoisotopic (exact) mass is 263 g/mol. The van der Waals surface area contributed by atoms with Gasteiger partial charge in [-0.15, -0.1) is 10.2 Å². The van der Waals surface area contributed by atoms with Crippen LogP contribution in [0.3, 0.4) is 0 Å². The van der Waals surface area contributed by atoms with E-state index in [4.69, 9.17) is 11.6 Å². The summed E-state index contributed by atoms with van der Waals surface area (Å²) < 4.78 is 2.01. The molecule has 1 aromatic carbocycles. The quantitative estimate of drug-likeness (QED) is 0.840. The van der Waals surface area contributed by atoms with Crippen molar-refractivity contribution in [2.24, 2.45) is 0 Å². The second-order valence-electron chi connectivity index (χ2n) is 4.59. The first-order valence-corrected chi connectivity index (χ1v) is 6.67. The van der Waals surface area contributed by atoms with Crippen LogP contribution in [0.5, 0.6) is 0 Å². The summed E-state index contributed by atoms with van der Waals surface area (Å²) in [5.74, 6) is 0.954. The van der Waals surface area contributed by atoms with Gasteiger partial charge in [-0.3, -0.25) is 4.57 Å². The van der Waals surface area contributed by atoms with E-state index in [0.29, 0.717) is 5.28 Å².